The van der Waals surface area contributed by atoms with E-state index in [9.17, 15) is 9.59 Å². The van der Waals surface area contributed by atoms with E-state index in [1.54, 1.807) is 12.1 Å². The standard InChI is InChI=1S/C28H30N2O3/c1-5-23-22-14-19(4)17-28(23,24-11-12-26(31)30-25(24)16-22)29-13-7-9-20-8-6-10-21(15-20)27(32)33-18(2)3/h5-15,18,22H,16-17H2,1-4H3,(H,30,31)/b9-7+,23-5+,29-13?/t22-,28+/m0/s1. The fourth-order valence-electron chi connectivity index (χ4n) is 5.03. The van der Waals surface area contributed by atoms with Crippen molar-refractivity contribution >= 4 is 18.3 Å². The van der Waals surface area contributed by atoms with Crippen molar-refractivity contribution in [3.05, 3.63) is 98.5 Å². The first-order valence-electron chi connectivity index (χ1n) is 11.4. The van der Waals surface area contributed by atoms with Crippen molar-refractivity contribution in [3.63, 3.8) is 0 Å². The monoisotopic (exact) mass is 442 g/mol. The van der Waals surface area contributed by atoms with Crippen LogP contribution in [0.25, 0.3) is 6.08 Å². The summed E-state index contributed by atoms with van der Waals surface area (Å²) in [5.74, 6) is -0.0899. The molecule has 0 amide bonds. The Balaban J connectivity index is 1.66. The second-order valence-electron chi connectivity index (χ2n) is 9.04. The molecule has 33 heavy (non-hydrogen) atoms. The first-order chi connectivity index (χ1) is 15.8. The number of carbonyl (C=O) groups is 1. The second kappa shape index (κ2) is 9.18. The van der Waals surface area contributed by atoms with Crippen LogP contribution in [0.1, 0.15) is 61.3 Å². The molecule has 1 aromatic heterocycles. The second-order valence-corrected chi connectivity index (χ2v) is 9.04. The van der Waals surface area contributed by atoms with Crippen LogP contribution in [0.4, 0.5) is 0 Å². The highest BCUT2D eigenvalue weighted by Crippen LogP contribution is 2.51. The van der Waals surface area contributed by atoms with E-state index < -0.39 is 5.54 Å². The number of carbonyl (C=O) groups excluding carboxylic acids is 1. The maximum Gasteiger partial charge on any atom is 0.338 e. The molecule has 0 unspecified atom stereocenters. The Morgan fingerprint density at radius 2 is 2.09 bits per heavy atom. The third-order valence-electron chi connectivity index (χ3n) is 6.21. The average molecular weight is 443 g/mol. The number of allylic oxidation sites excluding steroid dienone is 3. The number of ether oxygens (including phenoxy) is 1. The maximum absolute atomic E-state index is 12.2. The van der Waals surface area contributed by atoms with Gasteiger partial charge in [-0.05, 0) is 69.5 Å². The van der Waals surface area contributed by atoms with Crippen LogP contribution in [0.2, 0.25) is 0 Å². The minimum absolute atomic E-state index is 0.0775. The topological polar surface area (TPSA) is 71.5 Å². The van der Waals surface area contributed by atoms with Crippen LogP contribution in [0.15, 0.2) is 75.6 Å². The van der Waals surface area contributed by atoms with Gasteiger partial charge in [0.2, 0.25) is 5.56 Å². The van der Waals surface area contributed by atoms with Gasteiger partial charge >= 0.3 is 5.97 Å². The fraction of sp³-hybridized carbons (Fsp3) is 0.321. The summed E-state index contributed by atoms with van der Waals surface area (Å²) >= 11 is 0. The van der Waals surface area contributed by atoms with Crippen molar-refractivity contribution in [1.82, 2.24) is 4.98 Å². The quantitative estimate of drug-likeness (QED) is 0.383. The van der Waals surface area contributed by atoms with Gasteiger partial charge in [0.25, 0.3) is 0 Å². The Bertz CT molecular complexity index is 1250. The van der Waals surface area contributed by atoms with Gasteiger partial charge in [0.15, 0.2) is 0 Å². The number of rotatable bonds is 5. The van der Waals surface area contributed by atoms with E-state index >= 15 is 0 Å². The zero-order valence-electron chi connectivity index (χ0n) is 19.6. The molecule has 1 aromatic carbocycles. The summed E-state index contributed by atoms with van der Waals surface area (Å²) in [6, 6.07) is 10.9. The first-order valence-corrected chi connectivity index (χ1v) is 11.4. The van der Waals surface area contributed by atoms with Gasteiger partial charge in [-0.2, -0.15) is 0 Å². The lowest BCUT2D eigenvalue weighted by Crippen LogP contribution is -2.40. The van der Waals surface area contributed by atoms with E-state index in [1.807, 2.05) is 56.5 Å². The summed E-state index contributed by atoms with van der Waals surface area (Å²) in [6.45, 7) is 7.89. The van der Waals surface area contributed by atoms with Gasteiger partial charge in [0.1, 0.15) is 5.54 Å². The third kappa shape index (κ3) is 4.54. The summed E-state index contributed by atoms with van der Waals surface area (Å²) in [4.78, 5) is 32.3. The molecule has 0 radical (unpaired) electrons. The Morgan fingerprint density at radius 3 is 2.85 bits per heavy atom. The van der Waals surface area contributed by atoms with Crippen molar-refractivity contribution in [2.75, 3.05) is 0 Å². The van der Waals surface area contributed by atoms with Crippen LogP contribution in [0, 0.1) is 5.92 Å². The van der Waals surface area contributed by atoms with E-state index in [1.165, 1.54) is 11.1 Å². The molecule has 0 spiro atoms. The fourth-order valence-corrected chi connectivity index (χ4v) is 5.03. The van der Waals surface area contributed by atoms with Gasteiger partial charge in [0, 0.05) is 35.9 Å². The summed E-state index contributed by atoms with van der Waals surface area (Å²) in [6.07, 6.45) is 11.5. The Labute approximate surface area is 194 Å². The highest BCUT2D eigenvalue weighted by molar-refractivity contribution is 5.90. The summed E-state index contributed by atoms with van der Waals surface area (Å²) < 4.78 is 5.29. The minimum Gasteiger partial charge on any atom is -0.459 e. The molecule has 0 aliphatic heterocycles. The predicted octanol–water partition coefficient (Wildman–Crippen LogP) is 5.39. The Morgan fingerprint density at radius 1 is 1.27 bits per heavy atom. The number of aliphatic imine (C=N–C) groups is 1. The van der Waals surface area contributed by atoms with Gasteiger partial charge in [0.05, 0.1) is 11.7 Å². The first kappa shape index (κ1) is 22.7. The van der Waals surface area contributed by atoms with E-state index in [0.29, 0.717) is 5.56 Å². The summed E-state index contributed by atoms with van der Waals surface area (Å²) in [5, 5.41) is 0. The molecule has 0 saturated carbocycles. The SMILES string of the molecule is C/C=C1\[C@H]2C=C(C)C[C@]1(N=C/C=C/c1cccc(C(=O)OC(C)C)c1)c1ccc(=O)[nH]c1C2. The number of hydrogen-bond acceptors (Lipinski definition) is 4. The Kier molecular flexibility index (Phi) is 6.32. The van der Waals surface area contributed by atoms with Gasteiger partial charge in [-0.3, -0.25) is 9.79 Å². The zero-order chi connectivity index (χ0) is 23.6. The number of nitrogens with zero attached hydrogens (tertiary/aromatic N) is 1. The molecule has 2 aromatic rings. The predicted molar refractivity (Wildman–Crippen MR) is 133 cm³/mol. The van der Waals surface area contributed by atoms with Gasteiger partial charge in [-0.15, -0.1) is 0 Å². The number of aromatic amines is 1. The number of benzene rings is 1. The third-order valence-corrected chi connectivity index (χ3v) is 6.21. The molecule has 1 N–H and O–H groups in total. The van der Waals surface area contributed by atoms with Gasteiger partial charge in [-0.25, -0.2) is 4.79 Å². The van der Waals surface area contributed by atoms with Crippen molar-refractivity contribution in [2.45, 2.75) is 52.2 Å². The number of esters is 1. The molecule has 5 heteroatoms. The van der Waals surface area contributed by atoms with E-state index in [0.717, 1.165) is 29.7 Å². The number of aromatic nitrogens is 1. The number of fused-ring (bicyclic) bond motifs is 4. The van der Waals surface area contributed by atoms with Crippen molar-refractivity contribution in [3.8, 4) is 0 Å². The lowest BCUT2D eigenvalue weighted by atomic mass is 9.63. The molecule has 1 heterocycles. The highest BCUT2D eigenvalue weighted by Gasteiger charge is 2.46. The molecule has 2 bridgehead atoms. The normalized spacial score (nSPS) is 23.2. The average Bonchev–Trinajstić information content (AvgIpc) is 2.76. The molecule has 2 aliphatic rings. The summed E-state index contributed by atoms with van der Waals surface area (Å²) in [5.41, 5.74) is 5.46. The number of pyridine rings is 1. The van der Waals surface area contributed by atoms with Crippen LogP contribution in [0.5, 0.6) is 0 Å². The molecular formula is C28H30N2O3. The van der Waals surface area contributed by atoms with Crippen LogP contribution < -0.4 is 5.56 Å². The van der Waals surface area contributed by atoms with Crippen molar-refractivity contribution < 1.29 is 9.53 Å². The lowest BCUT2D eigenvalue weighted by Gasteiger charge is -2.45. The molecule has 2 aliphatic carbocycles. The van der Waals surface area contributed by atoms with Crippen LogP contribution in [-0.2, 0) is 16.7 Å². The van der Waals surface area contributed by atoms with Gasteiger partial charge in [-0.1, -0.05) is 35.9 Å². The van der Waals surface area contributed by atoms with E-state index in [2.05, 4.69) is 31.0 Å². The zero-order valence-corrected chi connectivity index (χ0v) is 19.6. The highest BCUT2D eigenvalue weighted by atomic mass is 16.5. The van der Waals surface area contributed by atoms with Crippen molar-refractivity contribution in [1.29, 1.82) is 0 Å². The summed E-state index contributed by atoms with van der Waals surface area (Å²) in [7, 11) is 0. The minimum atomic E-state index is -0.511. The molecule has 170 valence electrons. The molecule has 4 rings (SSSR count). The van der Waals surface area contributed by atoms with Crippen LogP contribution in [0.3, 0.4) is 0 Å². The number of hydrogen-bond donors (Lipinski definition) is 1. The Hall–Kier alpha value is -3.47. The van der Waals surface area contributed by atoms with E-state index in [4.69, 9.17) is 9.73 Å². The lowest BCUT2D eigenvalue weighted by molar-refractivity contribution is 0.0378. The largest absolute Gasteiger partial charge is 0.459 e. The maximum atomic E-state index is 12.2. The van der Waals surface area contributed by atoms with Gasteiger partial charge < -0.3 is 9.72 Å². The molecule has 2 atom stereocenters. The van der Waals surface area contributed by atoms with Crippen LogP contribution >= 0.6 is 0 Å². The smallest absolute Gasteiger partial charge is 0.338 e. The molecule has 0 fully saturated rings. The molecular weight excluding hydrogens is 412 g/mol. The molecule has 0 saturated heterocycles. The molecule has 5 nitrogen and oxygen atoms in total. The van der Waals surface area contributed by atoms with E-state index in [-0.39, 0.29) is 23.6 Å². The number of H-pyrrole nitrogens is 1. The van der Waals surface area contributed by atoms with Crippen molar-refractivity contribution in [2.24, 2.45) is 10.9 Å². The number of nitrogens with one attached hydrogen (secondary N) is 1. The van der Waals surface area contributed by atoms with Crippen LogP contribution in [-0.4, -0.2) is 23.3 Å².